The minimum absolute atomic E-state index is 0.272. The fourth-order valence-corrected chi connectivity index (χ4v) is 3.92. The number of hydrazine groups is 1. The van der Waals surface area contributed by atoms with Crippen molar-refractivity contribution in [1.82, 2.24) is 20.2 Å². The summed E-state index contributed by atoms with van der Waals surface area (Å²) >= 11 is 0. The standard InChI is InChI=1S/C24H37N7/c1-18(2)27-23(31-12-10-29(5)11-13-31)14-19(3)17-30(6)22-16-21(28-25-4)15-20-8-7-9-26-24(20)22/h7-9,14-16,18,25,28H,10-13,17H2,1-6H3/b19-14+,27-23+. The van der Waals surface area contributed by atoms with Crippen molar-refractivity contribution >= 4 is 28.1 Å². The van der Waals surface area contributed by atoms with E-state index in [2.05, 4.69) is 89.7 Å². The van der Waals surface area contributed by atoms with E-state index in [1.807, 2.05) is 19.3 Å². The molecule has 0 radical (unpaired) electrons. The second kappa shape index (κ2) is 10.6. The van der Waals surface area contributed by atoms with Gasteiger partial charge in [-0.05, 0) is 52.1 Å². The normalized spacial score (nSPS) is 16.3. The summed E-state index contributed by atoms with van der Waals surface area (Å²) < 4.78 is 0. The molecule has 1 aliphatic rings. The molecule has 1 fully saturated rings. The molecule has 1 aromatic heterocycles. The van der Waals surface area contributed by atoms with Gasteiger partial charge < -0.3 is 20.1 Å². The van der Waals surface area contributed by atoms with Crippen molar-refractivity contribution in [3.8, 4) is 0 Å². The second-order valence-electron chi connectivity index (χ2n) is 8.66. The van der Waals surface area contributed by atoms with Crippen LogP contribution in [0.3, 0.4) is 0 Å². The number of fused-ring (bicyclic) bond motifs is 1. The molecule has 168 valence electrons. The summed E-state index contributed by atoms with van der Waals surface area (Å²) in [7, 11) is 6.18. The third-order valence-corrected chi connectivity index (χ3v) is 5.45. The van der Waals surface area contributed by atoms with Gasteiger partial charge in [-0.3, -0.25) is 9.98 Å². The van der Waals surface area contributed by atoms with E-state index in [0.29, 0.717) is 0 Å². The largest absolute Gasteiger partial charge is 0.369 e. The van der Waals surface area contributed by atoms with Gasteiger partial charge in [0.05, 0.1) is 16.9 Å². The number of pyridine rings is 1. The first-order valence-corrected chi connectivity index (χ1v) is 11.1. The SMILES string of the molecule is CNNc1cc(N(C)C/C(C)=C/C(=N\C(C)C)N2CCN(C)CC2)c2ncccc2c1. The van der Waals surface area contributed by atoms with Crippen molar-refractivity contribution in [2.45, 2.75) is 26.8 Å². The minimum atomic E-state index is 0.272. The molecular formula is C24H37N7. The molecular weight excluding hydrogens is 386 g/mol. The number of benzene rings is 1. The van der Waals surface area contributed by atoms with Gasteiger partial charge in [-0.15, -0.1) is 0 Å². The van der Waals surface area contributed by atoms with E-state index >= 15 is 0 Å². The molecule has 31 heavy (non-hydrogen) atoms. The maximum absolute atomic E-state index is 4.93. The first kappa shape index (κ1) is 23.0. The van der Waals surface area contributed by atoms with Gasteiger partial charge in [0.15, 0.2) is 0 Å². The van der Waals surface area contributed by atoms with Crippen molar-refractivity contribution in [2.75, 3.05) is 64.2 Å². The monoisotopic (exact) mass is 423 g/mol. The van der Waals surface area contributed by atoms with Crippen LogP contribution in [0.4, 0.5) is 11.4 Å². The summed E-state index contributed by atoms with van der Waals surface area (Å²) in [6.45, 7) is 11.5. The number of aromatic nitrogens is 1. The summed E-state index contributed by atoms with van der Waals surface area (Å²) in [5, 5.41) is 1.12. The minimum Gasteiger partial charge on any atom is -0.369 e. The zero-order chi connectivity index (χ0) is 22.4. The number of nitrogens with zero attached hydrogens (tertiary/aromatic N) is 5. The molecule has 0 unspecified atom stereocenters. The Hall–Kier alpha value is -2.64. The number of hydrogen-bond donors (Lipinski definition) is 2. The van der Waals surface area contributed by atoms with Crippen LogP contribution in [-0.4, -0.2) is 80.5 Å². The van der Waals surface area contributed by atoms with Gasteiger partial charge >= 0.3 is 0 Å². The summed E-state index contributed by atoms with van der Waals surface area (Å²) in [5.41, 5.74) is 10.6. The third kappa shape index (κ3) is 6.18. The second-order valence-corrected chi connectivity index (χ2v) is 8.66. The average Bonchev–Trinajstić information content (AvgIpc) is 2.73. The molecule has 1 aromatic carbocycles. The highest BCUT2D eigenvalue weighted by Crippen LogP contribution is 2.29. The molecule has 0 saturated carbocycles. The van der Waals surface area contributed by atoms with E-state index < -0.39 is 0 Å². The van der Waals surface area contributed by atoms with Gasteiger partial charge in [0, 0.05) is 64.4 Å². The molecule has 7 nitrogen and oxygen atoms in total. The number of amidine groups is 1. The summed E-state index contributed by atoms with van der Waals surface area (Å²) in [4.78, 5) is 16.6. The molecule has 0 spiro atoms. The van der Waals surface area contributed by atoms with Crippen LogP contribution >= 0.6 is 0 Å². The molecule has 0 atom stereocenters. The number of rotatable bonds is 7. The lowest BCUT2D eigenvalue weighted by molar-refractivity contribution is 0.215. The van der Waals surface area contributed by atoms with E-state index in [4.69, 9.17) is 4.99 Å². The zero-order valence-electron chi connectivity index (χ0n) is 19.8. The van der Waals surface area contributed by atoms with Crippen LogP contribution in [0.25, 0.3) is 10.9 Å². The van der Waals surface area contributed by atoms with E-state index in [9.17, 15) is 0 Å². The molecule has 2 aromatic rings. The summed E-state index contributed by atoms with van der Waals surface area (Å²) in [6.07, 6.45) is 4.11. The van der Waals surface area contributed by atoms with E-state index in [0.717, 1.165) is 60.8 Å². The molecule has 0 bridgehead atoms. The maximum Gasteiger partial charge on any atom is 0.123 e. The topological polar surface area (TPSA) is 59.0 Å². The Bertz CT molecular complexity index is 927. The number of piperazine rings is 1. The zero-order valence-corrected chi connectivity index (χ0v) is 19.8. The van der Waals surface area contributed by atoms with Crippen LogP contribution in [0.5, 0.6) is 0 Å². The lowest BCUT2D eigenvalue weighted by Gasteiger charge is -2.34. The van der Waals surface area contributed by atoms with Gasteiger partial charge in [0.1, 0.15) is 5.84 Å². The van der Waals surface area contributed by atoms with Crippen LogP contribution in [0.2, 0.25) is 0 Å². The fourth-order valence-electron chi connectivity index (χ4n) is 3.92. The van der Waals surface area contributed by atoms with Crippen molar-refractivity contribution in [2.24, 2.45) is 4.99 Å². The van der Waals surface area contributed by atoms with Gasteiger partial charge in [-0.2, -0.15) is 0 Å². The fraction of sp³-hybridized carbons (Fsp3) is 0.500. The molecule has 1 saturated heterocycles. The predicted molar refractivity (Wildman–Crippen MR) is 133 cm³/mol. The number of hydrogen-bond acceptors (Lipinski definition) is 6. The molecule has 0 aliphatic carbocycles. The number of aliphatic imine (C=N–C) groups is 1. The Labute approximate surface area is 186 Å². The lowest BCUT2D eigenvalue weighted by atomic mass is 10.1. The smallest absolute Gasteiger partial charge is 0.123 e. The molecule has 2 heterocycles. The molecule has 3 rings (SSSR count). The quantitative estimate of drug-likeness (QED) is 0.405. The van der Waals surface area contributed by atoms with Gasteiger partial charge in [0.2, 0.25) is 0 Å². The van der Waals surface area contributed by atoms with Gasteiger partial charge in [-0.1, -0.05) is 11.6 Å². The Balaban J connectivity index is 1.84. The van der Waals surface area contributed by atoms with Crippen LogP contribution < -0.4 is 15.8 Å². The van der Waals surface area contributed by atoms with Crippen LogP contribution in [0.1, 0.15) is 20.8 Å². The first-order valence-electron chi connectivity index (χ1n) is 11.1. The number of anilines is 2. The molecule has 1 aliphatic heterocycles. The first-order chi connectivity index (χ1) is 14.9. The predicted octanol–water partition coefficient (Wildman–Crippen LogP) is 3.22. The number of nitrogens with one attached hydrogen (secondary N) is 2. The van der Waals surface area contributed by atoms with E-state index in [1.165, 1.54) is 5.57 Å². The average molecular weight is 424 g/mol. The van der Waals surface area contributed by atoms with Gasteiger partial charge in [-0.25, -0.2) is 5.43 Å². The van der Waals surface area contributed by atoms with Crippen molar-refractivity contribution in [3.63, 3.8) is 0 Å². The lowest BCUT2D eigenvalue weighted by Crippen LogP contribution is -2.47. The van der Waals surface area contributed by atoms with Crippen molar-refractivity contribution in [3.05, 3.63) is 42.1 Å². The van der Waals surface area contributed by atoms with Crippen LogP contribution in [0, 0.1) is 0 Å². The molecule has 0 amide bonds. The van der Waals surface area contributed by atoms with Crippen LogP contribution in [0.15, 0.2) is 47.1 Å². The van der Waals surface area contributed by atoms with Crippen molar-refractivity contribution < 1.29 is 0 Å². The Kier molecular flexibility index (Phi) is 7.87. The highest BCUT2D eigenvalue weighted by atomic mass is 15.3. The highest BCUT2D eigenvalue weighted by molar-refractivity contribution is 5.95. The van der Waals surface area contributed by atoms with Crippen molar-refractivity contribution in [1.29, 1.82) is 0 Å². The Morgan fingerprint density at radius 3 is 2.68 bits per heavy atom. The Morgan fingerprint density at radius 1 is 1.26 bits per heavy atom. The molecule has 2 N–H and O–H groups in total. The van der Waals surface area contributed by atoms with Gasteiger partial charge in [0.25, 0.3) is 0 Å². The maximum atomic E-state index is 4.93. The van der Waals surface area contributed by atoms with Crippen LogP contribution in [-0.2, 0) is 0 Å². The third-order valence-electron chi connectivity index (χ3n) is 5.45. The summed E-state index contributed by atoms with van der Waals surface area (Å²) in [5.74, 6) is 1.10. The number of likely N-dealkylation sites (N-methyl/N-ethyl adjacent to an activating group) is 2. The molecule has 7 heteroatoms. The van der Waals surface area contributed by atoms with E-state index in [1.54, 1.807) is 0 Å². The Morgan fingerprint density at radius 2 is 2.00 bits per heavy atom. The highest BCUT2D eigenvalue weighted by Gasteiger charge is 2.17. The van der Waals surface area contributed by atoms with E-state index in [-0.39, 0.29) is 6.04 Å². The summed E-state index contributed by atoms with van der Waals surface area (Å²) in [6, 6.07) is 8.60.